The average molecular weight is 319 g/mol. The van der Waals surface area contributed by atoms with Crippen molar-refractivity contribution in [2.45, 2.75) is 39.3 Å². The number of aromatic hydroxyl groups is 1. The van der Waals surface area contributed by atoms with Gasteiger partial charge in [0, 0.05) is 11.4 Å². The van der Waals surface area contributed by atoms with Crippen molar-refractivity contribution >= 4 is 17.4 Å². The minimum absolute atomic E-state index is 0.0750. The van der Waals surface area contributed by atoms with Gasteiger partial charge >= 0.3 is 6.03 Å². The van der Waals surface area contributed by atoms with E-state index in [9.17, 15) is 9.90 Å². The van der Waals surface area contributed by atoms with Crippen LogP contribution >= 0.6 is 11.3 Å². The van der Waals surface area contributed by atoms with Crippen LogP contribution in [0.4, 0.5) is 4.79 Å². The average Bonchev–Trinajstić information content (AvgIpc) is 2.90. The van der Waals surface area contributed by atoms with E-state index >= 15 is 0 Å². The van der Waals surface area contributed by atoms with Crippen molar-refractivity contribution in [3.8, 4) is 5.75 Å². The number of thiazole rings is 1. The number of nitrogens with zero attached hydrogens (tertiary/aromatic N) is 1. The number of carbonyl (C=O) groups excluding carboxylic acids is 1. The number of rotatable bonds is 6. The number of carbonyl (C=O) groups is 1. The smallest absolute Gasteiger partial charge is 0.315 e. The molecule has 22 heavy (non-hydrogen) atoms. The monoisotopic (exact) mass is 319 g/mol. The molecule has 6 heteroatoms. The van der Waals surface area contributed by atoms with E-state index in [-0.39, 0.29) is 17.8 Å². The molecule has 2 aromatic rings. The van der Waals surface area contributed by atoms with Crippen LogP contribution < -0.4 is 10.6 Å². The molecule has 0 radical (unpaired) electrons. The van der Waals surface area contributed by atoms with E-state index in [1.165, 1.54) is 0 Å². The molecule has 1 aromatic carbocycles. The number of hydrogen-bond acceptors (Lipinski definition) is 4. The number of aromatic nitrogens is 1. The van der Waals surface area contributed by atoms with Crippen LogP contribution in [0, 0.1) is 6.92 Å². The van der Waals surface area contributed by atoms with E-state index < -0.39 is 0 Å². The van der Waals surface area contributed by atoms with Gasteiger partial charge in [-0.1, -0.05) is 12.1 Å². The number of nitrogens with one attached hydrogen (secondary N) is 2. The first kappa shape index (κ1) is 16.3. The Labute approximate surface area is 134 Å². The highest BCUT2D eigenvalue weighted by atomic mass is 32.1. The van der Waals surface area contributed by atoms with E-state index in [0.717, 1.165) is 29.1 Å². The zero-order valence-corrected chi connectivity index (χ0v) is 13.6. The normalized spacial score (nSPS) is 11.9. The van der Waals surface area contributed by atoms with Crippen LogP contribution in [0.15, 0.2) is 29.6 Å². The Hall–Kier alpha value is -2.08. The van der Waals surface area contributed by atoms with Crippen molar-refractivity contribution in [2.75, 3.05) is 0 Å². The Bertz CT molecular complexity index is 610. The number of benzene rings is 1. The second-order valence-corrected chi connectivity index (χ2v) is 6.35. The van der Waals surface area contributed by atoms with E-state index in [1.54, 1.807) is 23.5 Å². The highest BCUT2D eigenvalue weighted by molar-refractivity contribution is 7.09. The topological polar surface area (TPSA) is 74.2 Å². The van der Waals surface area contributed by atoms with Crippen LogP contribution in [0.2, 0.25) is 0 Å². The molecule has 1 atom stereocenters. The van der Waals surface area contributed by atoms with Crippen molar-refractivity contribution in [3.63, 3.8) is 0 Å². The van der Waals surface area contributed by atoms with Crippen molar-refractivity contribution in [1.29, 1.82) is 0 Å². The van der Waals surface area contributed by atoms with Crippen molar-refractivity contribution < 1.29 is 9.90 Å². The largest absolute Gasteiger partial charge is 0.508 e. The number of phenolic OH excluding ortho intramolecular Hbond substituents is 1. The summed E-state index contributed by atoms with van der Waals surface area (Å²) in [4.78, 5) is 16.1. The first-order valence-corrected chi connectivity index (χ1v) is 8.14. The van der Waals surface area contributed by atoms with Gasteiger partial charge in [-0.2, -0.15) is 0 Å². The van der Waals surface area contributed by atoms with Gasteiger partial charge in [-0.25, -0.2) is 9.78 Å². The third-order valence-electron chi connectivity index (χ3n) is 3.28. The number of amides is 2. The molecule has 0 fully saturated rings. The molecule has 0 saturated carbocycles. The van der Waals surface area contributed by atoms with Gasteiger partial charge in [0.25, 0.3) is 0 Å². The van der Waals surface area contributed by atoms with Gasteiger partial charge in [-0.15, -0.1) is 11.3 Å². The summed E-state index contributed by atoms with van der Waals surface area (Å²) in [6.45, 7) is 4.37. The van der Waals surface area contributed by atoms with Gasteiger partial charge in [0.05, 0.1) is 17.2 Å². The SMILES string of the molecule is Cc1nc(CNC(=O)N[C@H](C)CCc2ccc(O)cc2)cs1. The molecule has 0 aliphatic heterocycles. The molecule has 3 N–H and O–H groups in total. The molecule has 1 heterocycles. The van der Waals surface area contributed by atoms with Crippen LogP contribution in [-0.2, 0) is 13.0 Å². The predicted molar refractivity (Wildman–Crippen MR) is 88.1 cm³/mol. The van der Waals surface area contributed by atoms with E-state index in [1.807, 2.05) is 31.4 Å². The number of hydrogen-bond donors (Lipinski definition) is 3. The fourth-order valence-corrected chi connectivity index (χ4v) is 2.67. The molecule has 118 valence electrons. The molecule has 2 amide bonds. The molecular weight excluding hydrogens is 298 g/mol. The van der Waals surface area contributed by atoms with Crippen molar-refractivity contribution in [3.05, 3.63) is 45.9 Å². The molecular formula is C16H21N3O2S. The fourth-order valence-electron chi connectivity index (χ4n) is 2.05. The second-order valence-electron chi connectivity index (χ2n) is 5.29. The van der Waals surface area contributed by atoms with Gasteiger partial charge in [0.2, 0.25) is 0 Å². The van der Waals surface area contributed by atoms with Gasteiger partial charge < -0.3 is 15.7 Å². The maximum atomic E-state index is 11.8. The fraction of sp³-hybridized carbons (Fsp3) is 0.375. The van der Waals surface area contributed by atoms with Crippen LogP contribution in [0.1, 0.15) is 29.6 Å². The number of urea groups is 1. The molecule has 0 spiro atoms. The first-order chi connectivity index (χ1) is 10.5. The first-order valence-electron chi connectivity index (χ1n) is 7.26. The summed E-state index contributed by atoms with van der Waals surface area (Å²) < 4.78 is 0. The van der Waals surface area contributed by atoms with Gasteiger partial charge in [0.1, 0.15) is 5.75 Å². The third-order valence-corrected chi connectivity index (χ3v) is 4.10. The maximum absolute atomic E-state index is 11.8. The molecule has 0 saturated heterocycles. The molecule has 5 nitrogen and oxygen atoms in total. The summed E-state index contributed by atoms with van der Waals surface area (Å²) in [5.41, 5.74) is 2.03. The predicted octanol–water partition coefficient (Wildman–Crippen LogP) is 2.98. The Balaban J connectivity index is 1.68. The summed E-state index contributed by atoms with van der Waals surface area (Å²) in [5.74, 6) is 0.270. The second kappa shape index (κ2) is 7.79. The van der Waals surface area contributed by atoms with Gasteiger partial charge in [-0.3, -0.25) is 0 Å². The molecule has 1 aromatic heterocycles. The summed E-state index contributed by atoms with van der Waals surface area (Å²) in [5, 5.41) is 17.9. The highest BCUT2D eigenvalue weighted by Crippen LogP contribution is 2.12. The van der Waals surface area contributed by atoms with Gasteiger partial charge in [-0.05, 0) is 44.4 Å². The lowest BCUT2D eigenvalue weighted by Crippen LogP contribution is -2.40. The number of phenols is 1. The minimum atomic E-state index is -0.177. The zero-order chi connectivity index (χ0) is 15.9. The molecule has 0 aliphatic rings. The van der Waals surface area contributed by atoms with Crippen LogP contribution in [0.25, 0.3) is 0 Å². The summed E-state index contributed by atoms with van der Waals surface area (Å²) >= 11 is 1.58. The van der Waals surface area contributed by atoms with Crippen molar-refractivity contribution in [1.82, 2.24) is 15.6 Å². The quantitative estimate of drug-likeness (QED) is 0.766. The van der Waals surface area contributed by atoms with Crippen LogP contribution in [0.3, 0.4) is 0 Å². The zero-order valence-electron chi connectivity index (χ0n) is 12.8. The summed E-state index contributed by atoms with van der Waals surface area (Å²) in [7, 11) is 0. The highest BCUT2D eigenvalue weighted by Gasteiger charge is 2.08. The van der Waals surface area contributed by atoms with E-state index in [2.05, 4.69) is 15.6 Å². The summed E-state index contributed by atoms with van der Waals surface area (Å²) in [6.07, 6.45) is 1.70. The summed E-state index contributed by atoms with van der Waals surface area (Å²) in [6, 6.07) is 7.04. The Morgan fingerprint density at radius 3 is 2.73 bits per heavy atom. The third kappa shape index (κ3) is 5.37. The van der Waals surface area contributed by atoms with E-state index in [4.69, 9.17) is 0 Å². The Morgan fingerprint density at radius 1 is 1.36 bits per heavy atom. The molecule has 2 rings (SSSR count). The van der Waals surface area contributed by atoms with Gasteiger partial charge in [0.15, 0.2) is 0 Å². The van der Waals surface area contributed by atoms with E-state index in [0.29, 0.717) is 6.54 Å². The Kier molecular flexibility index (Phi) is 5.77. The lowest BCUT2D eigenvalue weighted by Gasteiger charge is -2.14. The van der Waals surface area contributed by atoms with Crippen LogP contribution in [0.5, 0.6) is 5.75 Å². The van der Waals surface area contributed by atoms with Crippen LogP contribution in [-0.4, -0.2) is 22.2 Å². The minimum Gasteiger partial charge on any atom is -0.508 e. The Morgan fingerprint density at radius 2 is 2.09 bits per heavy atom. The lowest BCUT2D eigenvalue weighted by molar-refractivity contribution is 0.236. The van der Waals surface area contributed by atoms with Crippen molar-refractivity contribution in [2.24, 2.45) is 0 Å². The standard InChI is InChI=1S/C16H21N3O2S/c1-11(3-4-13-5-7-15(20)8-6-13)18-16(21)17-9-14-10-22-12(2)19-14/h5-8,10-11,20H,3-4,9H2,1-2H3,(H2,17,18,21)/t11-/m1/s1. The molecule has 0 aliphatic carbocycles. The lowest BCUT2D eigenvalue weighted by atomic mass is 10.1. The molecule has 0 bridgehead atoms. The maximum Gasteiger partial charge on any atom is 0.315 e. The number of aryl methyl sites for hydroxylation is 2. The molecule has 0 unspecified atom stereocenters.